The first-order chi connectivity index (χ1) is 14.0. The van der Waals surface area contributed by atoms with Gasteiger partial charge in [0.2, 0.25) is 5.91 Å². The molecular weight excluding hydrogens is 384 g/mol. The predicted octanol–water partition coefficient (Wildman–Crippen LogP) is 3.04. The van der Waals surface area contributed by atoms with Crippen LogP contribution in [0.1, 0.15) is 25.7 Å². The molecule has 0 aromatic heterocycles. The lowest BCUT2D eigenvalue weighted by Crippen LogP contribution is -2.47. The van der Waals surface area contributed by atoms with Crippen molar-refractivity contribution in [2.75, 3.05) is 64.8 Å². The highest BCUT2D eigenvalue weighted by Gasteiger charge is 2.41. The molecule has 3 fully saturated rings. The summed E-state index contributed by atoms with van der Waals surface area (Å²) in [6.45, 7) is 7.69. The Balaban J connectivity index is 1.16. The number of piperidine rings is 1. The molecule has 29 heavy (non-hydrogen) atoms. The molecule has 0 N–H and O–H groups in total. The van der Waals surface area contributed by atoms with E-state index in [1.54, 1.807) is 0 Å². The summed E-state index contributed by atoms with van der Waals surface area (Å²) in [5.74, 6) is 1.67. The molecule has 4 rings (SSSR count). The fourth-order valence-electron chi connectivity index (χ4n) is 5.48. The third-order valence-corrected chi connectivity index (χ3v) is 7.58. The molecule has 0 radical (unpaired) electrons. The fourth-order valence-corrected chi connectivity index (χ4v) is 5.66. The van der Waals surface area contributed by atoms with Crippen molar-refractivity contribution in [3.63, 3.8) is 0 Å². The van der Waals surface area contributed by atoms with Crippen LogP contribution in [-0.2, 0) is 4.79 Å². The lowest BCUT2D eigenvalue weighted by atomic mass is 9.88. The average Bonchev–Trinajstić information content (AvgIpc) is 3.11. The summed E-state index contributed by atoms with van der Waals surface area (Å²) in [7, 11) is 4.24. The van der Waals surface area contributed by atoms with E-state index in [2.05, 4.69) is 33.9 Å². The van der Waals surface area contributed by atoms with Crippen LogP contribution in [0, 0.1) is 11.8 Å². The molecule has 1 amide bonds. The van der Waals surface area contributed by atoms with Crippen molar-refractivity contribution in [3.8, 4) is 0 Å². The van der Waals surface area contributed by atoms with E-state index < -0.39 is 0 Å². The van der Waals surface area contributed by atoms with Crippen LogP contribution < -0.4 is 4.90 Å². The minimum Gasteiger partial charge on any atom is -0.369 e. The highest BCUT2D eigenvalue weighted by Crippen LogP contribution is 2.40. The molecule has 0 unspecified atom stereocenters. The van der Waals surface area contributed by atoms with Crippen molar-refractivity contribution in [2.45, 2.75) is 31.7 Å². The van der Waals surface area contributed by atoms with Crippen LogP contribution in [0.15, 0.2) is 24.3 Å². The van der Waals surface area contributed by atoms with Crippen LogP contribution in [0.5, 0.6) is 0 Å². The number of fused-ring (bicyclic) bond motifs is 1. The molecule has 1 aromatic rings. The lowest BCUT2D eigenvalue weighted by molar-refractivity contribution is -0.134. The Kier molecular flexibility index (Phi) is 6.67. The number of hydrogen-bond acceptors (Lipinski definition) is 4. The van der Waals surface area contributed by atoms with Crippen molar-refractivity contribution in [1.29, 1.82) is 0 Å². The summed E-state index contributed by atoms with van der Waals surface area (Å²) >= 11 is 6.14. The largest absolute Gasteiger partial charge is 0.369 e. The van der Waals surface area contributed by atoms with Gasteiger partial charge >= 0.3 is 0 Å². The summed E-state index contributed by atoms with van der Waals surface area (Å²) in [4.78, 5) is 21.5. The summed E-state index contributed by atoms with van der Waals surface area (Å²) in [5, 5.41) is 0.815. The summed E-state index contributed by atoms with van der Waals surface area (Å²) in [5.41, 5.74) is 1.24. The molecule has 2 saturated heterocycles. The van der Waals surface area contributed by atoms with Gasteiger partial charge in [0.05, 0.1) is 0 Å². The number of hydrogen-bond donors (Lipinski definition) is 0. The Labute approximate surface area is 180 Å². The smallest absolute Gasteiger partial charge is 0.222 e. The van der Waals surface area contributed by atoms with Crippen LogP contribution in [0.25, 0.3) is 0 Å². The van der Waals surface area contributed by atoms with Gasteiger partial charge in [0.25, 0.3) is 0 Å². The van der Waals surface area contributed by atoms with Gasteiger partial charge < -0.3 is 14.7 Å². The Bertz CT molecular complexity index is 706. The van der Waals surface area contributed by atoms with Gasteiger partial charge in [-0.1, -0.05) is 17.7 Å². The van der Waals surface area contributed by atoms with Crippen molar-refractivity contribution in [1.82, 2.24) is 14.7 Å². The molecule has 1 aliphatic carbocycles. The van der Waals surface area contributed by atoms with Gasteiger partial charge in [-0.05, 0) is 69.4 Å². The molecule has 1 saturated carbocycles. The number of benzene rings is 1. The number of halogens is 1. The highest BCUT2D eigenvalue weighted by molar-refractivity contribution is 6.30. The van der Waals surface area contributed by atoms with Crippen LogP contribution in [-0.4, -0.2) is 86.6 Å². The van der Waals surface area contributed by atoms with Gasteiger partial charge in [-0.25, -0.2) is 0 Å². The van der Waals surface area contributed by atoms with Crippen LogP contribution in [0.4, 0.5) is 5.69 Å². The number of amides is 1. The van der Waals surface area contributed by atoms with E-state index in [9.17, 15) is 4.79 Å². The molecule has 0 bridgehead atoms. The first-order valence-corrected chi connectivity index (χ1v) is 11.5. The number of carbonyl (C=O) groups is 1. The molecule has 6 heteroatoms. The van der Waals surface area contributed by atoms with Crippen LogP contribution in [0.3, 0.4) is 0 Å². The van der Waals surface area contributed by atoms with E-state index in [4.69, 9.17) is 11.6 Å². The minimum absolute atomic E-state index is 0.339. The first kappa shape index (κ1) is 21.0. The lowest BCUT2D eigenvalue weighted by Gasteiger charge is -2.36. The van der Waals surface area contributed by atoms with E-state index >= 15 is 0 Å². The van der Waals surface area contributed by atoms with Crippen molar-refractivity contribution < 1.29 is 4.79 Å². The van der Waals surface area contributed by atoms with Crippen molar-refractivity contribution in [3.05, 3.63) is 29.3 Å². The van der Waals surface area contributed by atoms with Gasteiger partial charge in [0.15, 0.2) is 0 Å². The normalized spacial score (nSPS) is 28.3. The second kappa shape index (κ2) is 9.23. The molecule has 2 heterocycles. The number of piperazine rings is 1. The molecular formula is C23H35ClN4O. The van der Waals surface area contributed by atoms with E-state index in [0.717, 1.165) is 50.7 Å². The molecule has 5 nitrogen and oxygen atoms in total. The molecule has 3 atom stereocenters. The number of rotatable bonds is 6. The van der Waals surface area contributed by atoms with E-state index in [1.807, 2.05) is 24.1 Å². The van der Waals surface area contributed by atoms with Gasteiger partial charge in [-0.3, -0.25) is 9.69 Å². The second-order valence-corrected chi connectivity index (χ2v) is 9.70. The zero-order valence-corrected chi connectivity index (χ0v) is 18.7. The predicted molar refractivity (Wildman–Crippen MR) is 120 cm³/mol. The third-order valence-electron chi connectivity index (χ3n) is 7.34. The molecule has 1 aromatic carbocycles. The Morgan fingerprint density at radius 2 is 1.90 bits per heavy atom. The number of nitrogens with zero attached hydrogens (tertiary/aromatic N) is 4. The summed E-state index contributed by atoms with van der Waals surface area (Å²) in [6.07, 6.45) is 4.46. The zero-order valence-electron chi connectivity index (χ0n) is 17.9. The number of likely N-dealkylation sites (tertiary alicyclic amines) is 1. The van der Waals surface area contributed by atoms with Crippen LogP contribution in [0.2, 0.25) is 5.02 Å². The molecule has 2 aliphatic heterocycles. The number of anilines is 1. The van der Waals surface area contributed by atoms with Gasteiger partial charge in [-0.2, -0.15) is 0 Å². The Hall–Kier alpha value is -1.30. The quantitative estimate of drug-likeness (QED) is 0.710. The Morgan fingerprint density at radius 3 is 2.66 bits per heavy atom. The number of carbonyl (C=O) groups excluding carboxylic acids is 1. The van der Waals surface area contributed by atoms with E-state index in [0.29, 0.717) is 23.8 Å². The topological polar surface area (TPSA) is 30.0 Å². The fraction of sp³-hybridized carbons (Fsp3) is 0.696. The molecule has 0 spiro atoms. The maximum absolute atomic E-state index is 12.0. The van der Waals surface area contributed by atoms with Crippen molar-refractivity contribution >= 4 is 23.2 Å². The second-order valence-electron chi connectivity index (χ2n) is 9.27. The van der Waals surface area contributed by atoms with Gasteiger partial charge in [-0.15, -0.1) is 0 Å². The maximum atomic E-state index is 12.0. The van der Waals surface area contributed by atoms with Gasteiger partial charge in [0.1, 0.15) is 0 Å². The standard InChI is InChI=1S/C23H35ClN4O/c1-25(22-13-18-15-23(29)26(2)17-19(18)14-22)7-4-8-27-9-11-28(12-10-27)21-6-3-5-20(24)16-21/h3,5-6,16,18-19,22H,4,7-15,17H2,1-2H3/t18-,19+,22-/m1/s1. The van der Waals surface area contributed by atoms with Crippen molar-refractivity contribution in [2.24, 2.45) is 11.8 Å². The Morgan fingerprint density at radius 1 is 1.14 bits per heavy atom. The van der Waals surface area contributed by atoms with E-state index in [-0.39, 0.29) is 0 Å². The van der Waals surface area contributed by atoms with Gasteiger partial charge in [0, 0.05) is 62.9 Å². The van der Waals surface area contributed by atoms with Crippen LogP contribution >= 0.6 is 11.6 Å². The SMILES string of the molecule is CN1C[C@@H]2C[C@H](N(C)CCCN3CCN(c4cccc(Cl)c4)CC3)C[C@@H]2CC1=O. The molecule has 160 valence electrons. The third kappa shape index (κ3) is 5.07. The maximum Gasteiger partial charge on any atom is 0.222 e. The summed E-state index contributed by atoms with van der Waals surface area (Å²) < 4.78 is 0. The molecule has 3 aliphatic rings. The monoisotopic (exact) mass is 418 g/mol. The first-order valence-electron chi connectivity index (χ1n) is 11.2. The zero-order chi connectivity index (χ0) is 20.4. The average molecular weight is 419 g/mol. The summed E-state index contributed by atoms with van der Waals surface area (Å²) in [6, 6.07) is 8.85. The minimum atomic E-state index is 0.339. The van der Waals surface area contributed by atoms with E-state index in [1.165, 1.54) is 31.5 Å². The highest BCUT2D eigenvalue weighted by atomic mass is 35.5.